The smallest absolute Gasteiger partial charge is 0.355 e. The number of nitrogens with one attached hydrogen (secondary N) is 1. The number of hydrogen-bond acceptors (Lipinski definition) is 4. The zero-order chi connectivity index (χ0) is 19.1. The Kier molecular flexibility index (Phi) is 5.84. The number of ether oxygens (including phenoxy) is 1. The summed E-state index contributed by atoms with van der Waals surface area (Å²) in [5.74, 6) is -0.961. The number of benzene rings is 2. The van der Waals surface area contributed by atoms with Gasteiger partial charge in [0.1, 0.15) is 5.70 Å². The van der Waals surface area contributed by atoms with Crippen LogP contribution < -0.4 is 5.32 Å². The first-order valence-corrected chi connectivity index (χ1v) is 8.52. The van der Waals surface area contributed by atoms with E-state index in [0.29, 0.717) is 17.7 Å². The van der Waals surface area contributed by atoms with Crippen LogP contribution in [0.25, 0.3) is 0 Å². The molecule has 0 radical (unpaired) electrons. The highest BCUT2D eigenvalue weighted by atomic mass is 16.5. The Morgan fingerprint density at radius 3 is 2.11 bits per heavy atom. The van der Waals surface area contributed by atoms with Crippen molar-refractivity contribution in [2.75, 3.05) is 7.11 Å². The first kappa shape index (κ1) is 18.2. The van der Waals surface area contributed by atoms with Crippen molar-refractivity contribution in [3.63, 3.8) is 0 Å². The van der Waals surface area contributed by atoms with E-state index in [0.717, 1.165) is 0 Å². The fourth-order valence-corrected chi connectivity index (χ4v) is 2.64. The van der Waals surface area contributed by atoms with E-state index in [1.807, 2.05) is 53.7 Å². The fraction of sp³-hybridized carbons (Fsp3) is 0.0909. The maximum absolute atomic E-state index is 12.4. The van der Waals surface area contributed by atoms with Crippen LogP contribution in [0.5, 0.6) is 0 Å². The zero-order valence-electron chi connectivity index (χ0n) is 15.0. The molecule has 2 aromatic rings. The van der Waals surface area contributed by atoms with Gasteiger partial charge in [0.15, 0.2) is 0 Å². The van der Waals surface area contributed by atoms with E-state index in [1.54, 1.807) is 36.4 Å². The minimum atomic E-state index is -0.597. The van der Waals surface area contributed by atoms with Gasteiger partial charge in [-0.2, -0.15) is 0 Å². The predicted molar refractivity (Wildman–Crippen MR) is 103 cm³/mol. The molecule has 0 unspecified atom stereocenters. The lowest BCUT2D eigenvalue weighted by atomic mass is 10.1. The number of amides is 1. The van der Waals surface area contributed by atoms with Gasteiger partial charge in [0.05, 0.1) is 7.11 Å². The number of esters is 1. The van der Waals surface area contributed by atoms with Gasteiger partial charge in [-0.15, -0.1) is 0 Å². The Morgan fingerprint density at radius 2 is 1.52 bits per heavy atom. The highest BCUT2D eigenvalue weighted by Gasteiger charge is 2.18. The average Bonchev–Trinajstić information content (AvgIpc) is 2.73. The molecule has 0 aromatic heterocycles. The molecule has 0 aliphatic carbocycles. The van der Waals surface area contributed by atoms with E-state index >= 15 is 0 Å². The van der Waals surface area contributed by atoms with Gasteiger partial charge < -0.3 is 15.0 Å². The third kappa shape index (κ3) is 4.73. The Labute approximate surface area is 158 Å². The van der Waals surface area contributed by atoms with Crippen molar-refractivity contribution >= 4 is 11.9 Å². The number of nitrogens with zero attached hydrogens (tertiary/aromatic N) is 1. The van der Waals surface area contributed by atoms with Crippen molar-refractivity contribution in [3.8, 4) is 0 Å². The quantitative estimate of drug-likeness (QED) is 0.656. The lowest BCUT2D eigenvalue weighted by Crippen LogP contribution is -2.29. The standard InChI is InChI=1S/C22H20N2O3/c1-27-22(26)20(23-21(25)19-10-6-3-7-11-19)18-12-14-24(15-13-18)16-17-8-4-2-5-9-17/h2-15H,16H2,1H3,(H,23,25). The van der Waals surface area contributed by atoms with E-state index in [1.165, 1.54) is 12.7 Å². The number of carbonyl (C=O) groups excluding carboxylic acids is 2. The van der Waals surface area contributed by atoms with Crippen molar-refractivity contribution in [2.24, 2.45) is 0 Å². The minimum Gasteiger partial charge on any atom is -0.464 e. The number of rotatable bonds is 5. The first-order valence-electron chi connectivity index (χ1n) is 8.52. The van der Waals surface area contributed by atoms with Crippen LogP contribution >= 0.6 is 0 Å². The highest BCUT2D eigenvalue weighted by Crippen LogP contribution is 2.16. The molecule has 1 N–H and O–H groups in total. The lowest BCUT2D eigenvalue weighted by Gasteiger charge is -2.20. The molecule has 5 nitrogen and oxygen atoms in total. The SMILES string of the molecule is COC(=O)C(NC(=O)c1ccccc1)=C1C=CN(Cc2ccccc2)C=C1. The maximum atomic E-state index is 12.4. The van der Waals surface area contributed by atoms with E-state index in [2.05, 4.69) is 5.32 Å². The molecule has 3 rings (SSSR count). The van der Waals surface area contributed by atoms with Gasteiger partial charge in [0.25, 0.3) is 5.91 Å². The number of allylic oxidation sites excluding steroid dienone is 3. The topological polar surface area (TPSA) is 58.6 Å². The second-order valence-electron chi connectivity index (χ2n) is 5.93. The van der Waals surface area contributed by atoms with Gasteiger partial charge in [0.2, 0.25) is 0 Å². The molecule has 0 saturated carbocycles. The summed E-state index contributed by atoms with van der Waals surface area (Å²) < 4.78 is 4.83. The van der Waals surface area contributed by atoms with Gasteiger partial charge in [-0.05, 0) is 29.8 Å². The van der Waals surface area contributed by atoms with Crippen molar-refractivity contribution < 1.29 is 14.3 Å². The van der Waals surface area contributed by atoms with Crippen LogP contribution in [0.2, 0.25) is 0 Å². The van der Waals surface area contributed by atoms with Gasteiger partial charge >= 0.3 is 5.97 Å². The number of methoxy groups -OCH3 is 1. The first-order chi connectivity index (χ1) is 13.2. The summed E-state index contributed by atoms with van der Waals surface area (Å²) in [6, 6.07) is 18.8. The molecule has 2 aromatic carbocycles. The van der Waals surface area contributed by atoms with Crippen LogP contribution in [0, 0.1) is 0 Å². The molecule has 1 aliphatic rings. The summed E-state index contributed by atoms with van der Waals surface area (Å²) in [5, 5.41) is 2.66. The molecule has 0 spiro atoms. The van der Waals surface area contributed by atoms with Crippen molar-refractivity contribution in [1.82, 2.24) is 10.2 Å². The summed E-state index contributed by atoms with van der Waals surface area (Å²) in [4.78, 5) is 26.6. The number of hydrogen-bond donors (Lipinski definition) is 1. The second-order valence-corrected chi connectivity index (χ2v) is 5.93. The second kappa shape index (κ2) is 8.67. The molecular formula is C22H20N2O3. The third-order valence-electron chi connectivity index (χ3n) is 4.05. The Hall–Kier alpha value is -3.60. The van der Waals surface area contributed by atoms with Crippen LogP contribution in [-0.2, 0) is 16.1 Å². The third-order valence-corrected chi connectivity index (χ3v) is 4.05. The molecule has 27 heavy (non-hydrogen) atoms. The largest absolute Gasteiger partial charge is 0.464 e. The van der Waals surface area contributed by atoms with Crippen molar-refractivity contribution in [3.05, 3.63) is 108 Å². The monoisotopic (exact) mass is 360 g/mol. The number of carbonyl (C=O) groups is 2. The maximum Gasteiger partial charge on any atom is 0.355 e. The Balaban J connectivity index is 1.77. The normalized spacial score (nSPS) is 12.6. The van der Waals surface area contributed by atoms with Gasteiger partial charge in [-0.1, -0.05) is 48.5 Å². The molecular weight excluding hydrogens is 340 g/mol. The van der Waals surface area contributed by atoms with Gasteiger partial charge in [-0.25, -0.2) is 4.79 Å². The zero-order valence-corrected chi connectivity index (χ0v) is 15.0. The van der Waals surface area contributed by atoms with Crippen LogP contribution in [0.15, 0.2) is 96.5 Å². The molecule has 1 heterocycles. The van der Waals surface area contributed by atoms with E-state index in [-0.39, 0.29) is 11.6 Å². The lowest BCUT2D eigenvalue weighted by molar-refractivity contribution is -0.136. The highest BCUT2D eigenvalue weighted by molar-refractivity contribution is 6.01. The van der Waals surface area contributed by atoms with Gasteiger partial charge in [0, 0.05) is 30.1 Å². The van der Waals surface area contributed by atoms with E-state index in [4.69, 9.17) is 4.74 Å². The summed E-state index contributed by atoms with van der Waals surface area (Å²) >= 11 is 0. The summed E-state index contributed by atoms with van der Waals surface area (Å²) in [6.45, 7) is 0.713. The van der Waals surface area contributed by atoms with Crippen LogP contribution in [-0.4, -0.2) is 23.9 Å². The minimum absolute atomic E-state index is 0.109. The molecule has 1 amide bonds. The average molecular weight is 360 g/mol. The Bertz CT molecular complexity index is 884. The van der Waals surface area contributed by atoms with E-state index in [9.17, 15) is 9.59 Å². The van der Waals surface area contributed by atoms with Crippen LogP contribution in [0.4, 0.5) is 0 Å². The summed E-state index contributed by atoms with van der Waals surface area (Å²) in [7, 11) is 1.29. The molecule has 0 bridgehead atoms. The van der Waals surface area contributed by atoms with Crippen LogP contribution in [0.1, 0.15) is 15.9 Å². The van der Waals surface area contributed by atoms with Crippen LogP contribution in [0.3, 0.4) is 0 Å². The Morgan fingerprint density at radius 1 is 0.926 bits per heavy atom. The fourth-order valence-electron chi connectivity index (χ4n) is 2.64. The van der Waals surface area contributed by atoms with E-state index < -0.39 is 5.97 Å². The summed E-state index contributed by atoms with van der Waals surface area (Å²) in [6.07, 6.45) is 7.28. The molecule has 0 fully saturated rings. The molecule has 0 saturated heterocycles. The molecule has 136 valence electrons. The molecule has 5 heteroatoms. The summed E-state index contributed by atoms with van der Waals surface area (Å²) in [5.41, 5.74) is 2.33. The van der Waals surface area contributed by atoms with Gasteiger partial charge in [-0.3, -0.25) is 4.79 Å². The molecule has 1 aliphatic heterocycles. The molecule has 0 atom stereocenters. The van der Waals surface area contributed by atoms with Crippen molar-refractivity contribution in [1.29, 1.82) is 0 Å². The van der Waals surface area contributed by atoms with Crippen molar-refractivity contribution in [2.45, 2.75) is 6.54 Å². The predicted octanol–water partition coefficient (Wildman–Crippen LogP) is 3.39.